The molecular formula is C16H13BrINO2. The number of ether oxygens (including phenoxy) is 1. The summed E-state index contributed by atoms with van der Waals surface area (Å²) in [4.78, 5) is 15.1. The van der Waals surface area contributed by atoms with E-state index in [0.29, 0.717) is 4.43 Å². The molecule has 0 radical (unpaired) electrons. The summed E-state index contributed by atoms with van der Waals surface area (Å²) < 4.78 is 6.76. The molecule has 5 heteroatoms. The van der Waals surface area contributed by atoms with Crippen molar-refractivity contribution in [3.63, 3.8) is 0 Å². The lowest BCUT2D eigenvalue weighted by molar-refractivity contribution is 0.414. The van der Waals surface area contributed by atoms with E-state index in [0.717, 1.165) is 21.3 Å². The Morgan fingerprint density at radius 2 is 1.95 bits per heavy atom. The number of carbonyl (C=O) groups excluding carboxylic acids is 1. The van der Waals surface area contributed by atoms with Gasteiger partial charge in [-0.15, -0.1) is 0 Å². The highest BCUT2D eigenvalue weighted by atomic mass is 127. The van der Waals surface area contributed by atoms with Crippen LogP contribution in [-0.4, -0.2) is 17.6 Å². The van der Waals surface area contributed by atoms with Crippen molar-refractivity contribution in [3.8, 4) is 5.75 Å². The normalized spacial score (nSPS) is 13.1. The van der Waals surface area contributed by atoms with E-state index in [-0.39, 0.29) is 0 Å². The van der Waals surface area contributed by atoms with Crippen molar-refractivity contribution in [3.05, 3.63) is 64.1 Å². The van der Waals surface area contributed by atoms with Crippen LogP contribution in [-0.2, 0) is 10.3 Å². The number of nitrogens with zero attached hydrogens (tertiary/aromatic N) is 1. The molecule has 0 spiro atoms. The zero-order valence-corrected chi connectivity index (χ0v) is 15.1. The van der Waals surface area contributed by atoms with Crippen molar-refractivity contribution in [2.45, 2.75) is 5.54 Å². The Bertz CT molecular complexity index is 668. The molecule has 0 aliphatic carbocycles. The van der Waals surface area contributed by atoms with Crippen LogP contribution >= 0.6 is 38.5 Å². The van der Waals surface area contributed by atoms with Gasteiger partial charge >= 0.3 is 0 Å². The summed E-state index contributed by atoms with van der Waals surface area (Å²) in [6.45, 7) is 0. The van der Waals surface area contributed by atoms with Crippen molar-refractivity contribution < 1.29 is 9.53 Å². The first-order valence-corrected chi connectivity index (χ1v) is 8.53. The van der Waals surface area contributed by atoms with E-state index in [1.165, 1.54) is 0 Å². The molecule has 0 aliphatic rings. The Morgan fingerprint density at radius 1 is 1.24 bits per heavy atom. The number of aliphatic imine (C=N–C) groups is 1. The summed E-state index contributed by atoms with van der Waals surface area (Å²) >= 11 is 5.71. The molecule has 21 heavy (non-hydrogen) atoms. The van der Waals surface area contributed by atoms with Gasteiger partial charge in [0.2, 0.25) is 6.08 Å². The molecule has 0 amide bonds. The third-order valence-corrected chi connectivity index (χ3v) is 4.90. The maximum atomic E-state index is 11.0. The Kier molecular flexibility index (Phi) is 5.56. The van der Waals surface area contributed by atoms with Gasteiger partial charge in [0.05, 0.1) is 7.11 Å². The quantitative estimate of drug-likeness (QED) is 0.287. The second kappa shape index (κ2) is 7.20. The van der Waals surface area contributed by atoms with Crippen molar-refractivity contribution in [2.24, 2.45) is 4.99 Å². The van der Waals surface area contributed by atoms with E-state index in [2.05, 4.69) is 43.5 Å². The highest BCUT2D eigenvalue weighted by Crippen LogP contribution is 2.37. The van der Waals surface area contributed by atoms with Crippen LogP contribution in [0.2, 0.25) is 0 Å². The van der Waals surface area contributed by atoms with E-state index in [9.17, 15) is 4.79 Å². The molecule has 0 saturated carbocycles. The number of alkyl halides is 1. The van der Waals surface area contributed by atoms with Gasteiger partial charge in [0.25, 0.3) is 0 Å². The fourth-order valence-electron chi connectivity index (χ4n) is 2.17. The highest BCUT2D eigenvalue weighted by Gasteiger charge is 2.33. The van der Waals surface area contributed by atoms with Gasteiger partial charge in [-0.2, -0.15) is 4.99 Å². The van der Waals surface area contributed by atoms with Crippen LogP contribution in [0.3, 0.4) is 0 Å². The average Bonchev–Trinajstić information content (AvgIpc) is 2.53. The molecule has 3 nitrogen and oxygen atoms in total. The molecular weight excluding hydrogens is 445 g/mol. The molecule has 0 N–H and O–H groups in total. The topological polar surface area (TPSA) is 38.7 Å². The maximum absolute atomic E-state index is 11.0. The lowest BCUT2D eigenvalue weighted by Crippen LogP contribution is -2.27. The van der Waals surface area contributed by atoms with Crippen LogP contribution in [0.25, 0.3) is 0 Å². The van der Waals surface area contributed by atoms with Crippen LogP contribution in [0.5, 0.6) is 5.75 Å². The van der Waals surface area contributed by atoms with E-state index in [1.54, 1.807) is 13.2 Å². The molecule has 0 fully saturated rings. The minimum absolute atomic E-state index is 0.628. The summed E-state index contributed by atoms with van der Waals surface area (Å²) in [6, 6.07) is 15.4. The largest absolute Gasteiger partial charge is 0.497 e. The van der Waals surface area contributed by atoms with Gasteiger partial charge in [0.15, 0.2) is 0 Å². The Labute approximate surface area is 145 Å². The molecule has 2 aromatic carbocycles. The lowest BCUT2D eigenvalue weighted by Gasteiger charge is -2.27. The molecule has 0 saturated heterocycles. The molecule has 2 rings (SSSR count). The molecule has 1 unspecified atom stereocenters. The molecule has 0 heterocycles. The number of hydrogen-bond acceptors (Lipinski definition) is 3. The van der Waals surface area contributed by atoms with Crippen LogP contribution in [0, 0.1) is 0 Å². The Morgan fingerprint density at radius 3 is 2.48 bits per heavy atom. The summed E-state index contributed by atoms with van der Waals surface area (Å²) in [5.41, 5.74) is 1.14. The van der Waals surface area contributed by atoms with Crippen molar-refractivity contribution >= 4 is 44.6 Å². The average molecular weight is 458 g/mol. The van der Waals surface area contributed by atoms with Gasteiger partial charge < -0.3 is 4.74 Å². The fraction of sp³-hybridized carbons (Fsp3) is 0.188. The molecule has 0 bridgehead atoms. The molecule has 0 aromatic heterocycles. The van der Waals surface area contributed by atoms with Crippen LogP contribution in [0.4, 0.5) is 0 Å². The first-order chi connectivity index (χ1) is 10.2. The second-order valence-electron chi connectivity index (χ2n) is 4.44. The summed E-state index contributed by atoms with van der Waals surface area (Å²) in [5, 5.41) is 0. The van der Waals surface area contributed by atoms with Gasteiger partial charge in [-0.05, 0) is 35.4 Å². The van der Waals surface area contributed by atoms with Crippen LogP contribution in [0.15, 0.2) is 58.0 Å². The fourth-order valence-corrected chi connectivity index (χ4v) is 3.62. The van der Waals surface area contributed by atoms with Gasteiger partial charge in [-0.25, -0.2) is 4.79 Å². The smallest absolute Gasteiger partial charge is 0.236 e. The number of isocyanates is 1. The van der Waals surface area contributed by atoms with Crippen molar-refractivity contribution in [1.29, 1.82) is 0 Å². The molecule has 2 aromatic rings. The van der Waals surface area contributed by atoms with Gasteiger partial charge in [0.1, 0.15) is 11.3 Å². The Balaban J connectivity index is 2.63. The standard InChI is InChI=1S/C16H13BrINO2/c1-21-15-7-5-12(6-8-15)16(10-18,19-11-20)13-3-2-4-14(17)9-13/h2-9H,10H2,1H3. The van der Waals surface area contributed by atoms with Gasteiger partial charge in [-0.3, -0.25) is 0 Å². The summed E-state index contributed by atoms with van der Waals surface area (Å²) in [7, 11) is 1.62. The second-order valence-corrected chi connectivity index (χ2v) is 6.11. The summed E-state index contributed by atoms with van der Waals surface area (Å²) in [5.74, 6) is 0.769. The Hall–Kier alpha value is -1.17. The van der Waals surface area contributed by atoms with Crippen molar-refractivity contribution in [1.82, 2.24) is 0 Å². The minimum atomic E-state index is -0.738. The first-order valence-electron chi connectivity index (χ1n) is 6.22. The van der Waals surface area contributed by atoms with E-state index in [4.69, 9.17) is 4.74 Å². The predicted molar refractivity (Wildman–Crippen MR) is 94.9 cm³/mol. The number of rotatable bonds is 5. The zero-order chi connectivity index (χ0) is 15.3. The predicted octanol–water partition coefficient (Wildman–Crippen LogP) is 4.47. The molecule has 1 atom stereocenters. The van der Waals surface area contributed by atoms with Gasteiger partial charge in [-0.1, -0.05) is 62.8 Å². The maximum Gasteiger partial charge on any atom is 0.236 e. The minimum Gasteiger partial charge on any atom is -0.497 e. The zero-order valence-electron chi connectivity index (χ0n) is 11.3. The van der Waals surface area contributed by atoms with Gasteiger partial charge in [0, 0.05) is 8.90 Å². The van der Waals surface area contributed by atoms with E-state index >= 15 is 0 Å². The highest BCUT2D eigenvalue weighted by molar-refractivity contribution is 14.1. The SMILES string of the molecule is COc1ccc(C(CI)(N=C=O)c2cccc(Br)c2)cc1. The number of hydrogen-bond donors (Lipinski definition) is 0. The third-order valence-electron chi connectivity index (χ3n) is 3.30. The van der Waals surface area contributed by atoms with Crippen molar-refractivity contribution in [2.75, 3.05) is 11.5 Å². The van der Waals surface area contributed by atoms with E-state index in [1.807, 2.05) is 48.5 Å². The van der Waals surface area contributed by atoms with E-state index < -0.39 is 5.54 Å². The monoisotopic (exact) mass is 457 g/mol. The van der Waals surface area contributed by atoms with Crippen LogP contribution in [0.1, 0.15) is 11.1 Å². The number of benzene rings is 2. The molecule has 108 valence electrons. The third kappa shape index (κ3) is 3.36. The molecule has 0 aliphatic heterocycles. The lowest BCUT2D eigenvalue weighted by atomic mass is 9.85. The summed E-state index contributed by atoms with van der Waals surface area (Å²) in [6.07, 6.45) is 1.73. The first kappa shape index (κ1) is 16.2. The van der Waals surface area contributed by atoms with Crippen LogP contribution < -0.4 is 4.74 Å². The number of methoxy groups -OCH3 is 1. The number of halogens is 2.